The number of aromatic hydroxyl groups is 1. The van der Waals surface area contributed by atoms with E-state index < -0.39 is 23.8 Å². The molecule has 84 valence electrons. The van der Waals surface area contributed by atoms with Gasteiger partial charge in [-0.05, 0) is 12.5 Å². The molecule has 5 heteroatoms. The molecule has 1 aromatic carbocycles. The number of halogens is 2. The summed E-state index contributed by atoms with van der Waals surface area (Å²) in [6.45, 7) is 0. The zero-order valence-electron chi connectivity index (χ0n) is 7.90. The van der Waals surface area contributed by atoms with E-state index >= 15 is 0 Å². The van der Waals surface area contributed by atoms with Gasteiger partial charge in [-0.25, -0.2) is 4.39 Å². The first-order valence-electron chi connectivity index (χ1n) is 4.47. The summed E-state index contributed by atoms with van der Waals surface area (Å²) >= 11 is 5.38. The predicted octanol–water partition coefficient (Wildman–Crippen LogP) is 1.55. The Hall–Kier alpha value is -0.840. The van der Waals surface area contributed by atoms with Crippen molar-refractivity contribution >= 4 is 11.6 Å². The lowest BCUT2D eigenvalue weighted by Gasteiger charge is -2.17. The molecule has 0 amide bonds. The summed E-state index contributed by atoms with van der Waals surface area (Å²) in [6, 6.07) is 3.86. The number of aliphatic hydroxyl groups is 2. The number of rotatable bonds is 4. The zero-order chi connectivity index (χ0) is 11.4. The second-order valence-corrected chi connectivity index (χ2v) is 3.55. The molecule has 2 atom stereocenters. The van der Waals surface area contributed by atoms with E-state index in [2.05, 4.69) is 0 Å². The Labute approximate surface area is 91.7 Å². The topological polar surface area (TPSA) is 60.7 Å². The summed E-state index contributed by atoms with van der Waals surface area (Å²) in [6.07, 6.45) is -2.37. The molecule has 3 nitrogen and oxygen atoms in total. The van der Waals surface area contributed by atoms with E-state index in [4.69, 9.17) is 16.7 Å². The Morgan fingerprint density at radius 1 is 1.33 bits per heavy atom. The van der Waals surface area contributed by atoms with Gasteiger partial charge in [-0.15, -0.1) is 11.6 Å². The number of hydrogen-bond acceptors (Lipinski definition) is 3. The molecule has 0 saturated heterocycles. The maximum absolute atomic E-state index is 13.3. The van der Waals surface area contributed by atoms with Crippen molar-refractivity contribution in [3.8, 4) is 5.75 Å². The largest absolute Gasteiger partial charge is 0.505 e. The molecule has 1 rings (SSSR count). The van der Waals surface area contributed by atoms with Crippen molar-refractivity contribution in [2.75, 3.05) is 5.88 Å². The van der Waals surface area contributed by atoms with Crippen LogP contribution in [0.5, 0.6) is 5.75 Å². The second-order valence-electron chi connectivity index (χ2n) is 3.17. The first-order valence-corrected chi connectivity index (χ1v) is 5.01. The highest BCUT2D eigenvalue weighted by atomic mass is 35.5. The van der Waals surface area contributed by atoms with Gasteiger partial charge in [0.05, 0.1) is 6.10 Å². The van der Waals surface area contributed by atoms with E-state index in [0.29, 0.717) is 0 Å². The Morgan fingerprint density at radius 2 is 2.00 bits per heavy atom. The molecule has 15 heavy (non-hydrogen) atoms. The molecule has 0 saturated carbocycles. The van der Waals surface area contributed by atoms with Gasteiger partial charge in [0, 0.05) is 11.4 Å². The average Bonchev–Trinajstić information content (AvgIpc) is 2.21. The number of benzene rings is 1. The van der Waals surface area contributed by atoms with Crippen molar-refractivity contribution in [2.45, 2.75) is 18.6 Å². The molecule has 0 spiro atoms. The van der Waals surface area contributed by atoms with Gasteiger partial charge in [0.2, 0.25) is 0 Å². The Balaban J connectivity index is 2.90. The average molecular weight is 235 g/mol. The summed E-state index contributed by atoms with van der Waals surface area (Å²) in [5.74, 6) is -1.30. The van der Waals surface area contributed by atoms with Gasteiger partial charge in [0.25, 0.3) is 0 Å². The van der Waals surface area contributed by atoms with Crippen LogP contribution in [0.25, 0.3) is 0 Å². The molecule has 0 aromatic heterocycles. The molecule has 2 unspecified atom stereocenters. The lowest BCUT2D eigenvalue weighted by molar-refractivity contribution is 0.0147. The SMILES string of the molecule is Oc1cccc(C(O)C(O)CCCl)c1F. The second kappa shape index (κ2) is 5.30. The van der Waals surface area contributed by atoms with Crippen molar-refractivity contribution in [1.29, 1.82) is 0 Å². The molecule has 0 radical (unpaired) electrons. The van der Waals surface area contributed by atoms with E-state index in [1.54, 1.807) is 0 Å². The standard InChI is InChI=1S/C10H12ClFO3/c11-5-4-8(14)10(15)6-2-1-3-7(13)9(6)12/h1-3,8,10,13-15H,4-5H2. The maximum Gasteiger partial charge on any atom is 0.170 e. The highest BCUT2D eigenvalue weighted by Gasteiger charge is 2.22. The molecule has 0 bridgehead atoms. The predicted molar refractivity (Wildman–Crippen MR) is 54.4 cm³/mol. The maximum atomic E-state index is 13.3. The first kappa shape index (κ1) is 12.2. The van der Waals surface area contributed by atoms with Gasteiger partial charge < -0.3 is 15.3 Å². The van der Waals surface area contributed by atoms with E-state index in [9.17, 15) is 14.6 Å². The van der Waals surface area contributed by atoms with Crippen molar-refractivity contribution in [3.63, 3.8) is 0 Å². The van der Waals surface area contributed by atoms with Crippen LogP contribution in [0.2, 0.25) is 0 Å². The molecule has 0 aliphatic heterocycles. The van der Waals surface area contributed by atoms with Gasteiger partial charge in [-0.3, -0.25) is 0 Å². The monoisotopic (exact) mass is 234 g/mol. The fourth-order valence-corrected chi connectivity index (χ4v) is 1.47. The van der Waals surface area contributed by atoms with Crippen molar-refractivity contribution in [2.24, 2.45) is 0 Å². The van der Waals surface area contributed by atoms with Crippen molar-refractivity contribution in [3.05, 3.63) is 29.6 Å². The van der Waals surface area contributed by atoms with Gasteiger partial charge in [-0.1, -0.05) is 12.1 Å². The van der Waals surface area contributed by atoms with Crippen LogP contribution in [0.1, 0.15) is 18.1 Å². The summed E-state index contributed by atoms with van der Waals surface area (Å²) in [5, 5.41) is 28.0. The lowest BCUT2D eigenvalue weighted by Crippen LogP contribution is -2.19. The van der Waals surface area contributed by atoms with Gasteiger partial charge in [0.15, 0.2) is 11.6 Å². The Bertz CT molecular complexity index is 332. The van der Waals surface area contributed by atoms with Crippen LogP contribution in [0.4, 0.5) is 4.39 Å². The van der Waals surface area contributed by atoms with Crippen LogP contribution in [0.3, 0.4) is 0 Å². The lowest BCUT2D eigenvalue weighted by atomic mass is 10.0. The molecule has 0 heterocycles. The van der Waals surface area contributed by atoms with E-state index in [1.165, 1.54) is 18.2 Å². The molecule has 0 aliphatic carbocycles. The summed E-state index contributed by atoms with van der Waals surface area (Å²) < 4.78 is 13.3. The minimum Gasteiger partial charge on any atom is -0.505 e. The molecular formula is C10H12ClFO3. The first-order chi connectivity index (χ1) is 7.07. The van der Waals surface area contributed by atoms with Crippen LogP contribution >= 0.6 is 11.6 Å². The highest BCUT2D eigenvalue weighted by Crippen LogP contribution is 2.27. The number of aliphatic hydroxyl groups excluding tert-OH is 2. The van der Waals surface area contributed by atoms with E-state index in [0.717, 1.165) is 0 Å². The molecule has 0 aliphatic rings. The number of phenols is 1. The number of phenolic OH excluding ortho intramolecular Hbond substituents is 1. The quantitative estimate of drug-likeness (QED) is 0.693. The summed E-state index contributed by atoms with van der Waals surface area (Å²) in [7, 11) is 0. The van der Waals surface area contributed by atoms with Crippen LogP contribution < -0.4 is 0 Å². The Morgan fingerprint density at radius 3 is 2.60 bits per heavy atom. The smallest absolute Gasteiger partial charge is 0.170 e. The molecule has 1 aromatic rings. The third-order valence-electron chi connectivity index (χ3n) is 2.10. The number of hydrogen-bond donors (Lipinski definition) is 3. The minimum atomic E-state index is -1.38. The molecule has 0 fully saturated rings. The third kappa shape index (κ3) is 2.81. The highest BCUT2D eigenvalue weighted by molar-refractivity contribution is 6.17. The zero-order valence-corrected chi connectivity index (χ0v) is 8.65. The van der Waals surface area contributed by atoms with Crippen LogP contribution in [0.15, 0.2) is 18.2 Å². The fraction of sp³-hybridized carbons (Fsp3) is 0.400. The van der Waals surface area contributed by atoms with Gasteiger partial charge in [0.1, 0.15) is 6.10 Å². The Kier molecular flexibility index (Phi) is 4.32. The van der Waals surface area contributed by atoms with Gasteiger partial charge >= 0.3 is 0 Å². The van der Waals surface area contributed by atoms with Gasteiger partial charge in [-0.2, -0.15) is 0 Å². The van der Waals surface area contributed by atoms with Crippen LogP contribution in [-0.2, 0) is 0 Å². The van der Waals surface area contributed by atoms with E-state index in [1.807, 2.05) is 0 Å². The van der Waals surface area contributed by atoms with E-state index in [-0.39, 0.29) is 17.9 Å². The summed E-state index contributed by atoms with van der Waals surface area (Å²) in [4.78, 5) is 0. The minimum absolute atomic E-state index is 0.132. The molecule has 3 N–H and O–H groups in total. The van der Waals surface area contributed by atoms with Crippen molar-refractivity contribution < 1.29 is 19.7 Å². The van der Waals surface area contributed by atoms with Crippen LogP contribution in [0, 0.1) is 5.82 Å². The fourth-order valence-electron chi connectivity index (χ4n) is 1.24. The summed E-state index contributed by atoms with van der Waals surface area (Å²) in [5.41, 5.74) is -0.132. The van der Waals surface area contributed by atoms with Crippen molar-refractivity contribution in [1.82, 2.24) is 0 Å². The normalized spacial score (nSPS) is 14.9. The number of alkyl halides is 1. The third-order valence-corrected chi connectivity index (χ3v) is 2.31. The molecular weight excluding hydrogens is 223 g/mol. The van der Waals surface area contributed by atoms with Crippen LogP contribution in [-0.4, -0.2) is 27.3 Å².